The van der Waals surface area contributed by atoms with Crippen LogP contribution in [0, 0.1) is 5.82 Å². The topological polar surface area (TPSA) is 75.7 Å². The summed E-state index contributed by atoms with van der Waals surface area (Å²) in [6.45, 7) is 6.05. The average Bonchev–Trinajstić information content (AvgIpc) is 2.83. The number of hydrogen-bond donors (Lipinski definition) is 1. The fourth-order valence-corrected chi connectivity index (χ4v) is 5.76. The SMILES string of the molecule is CCN(CC)S(=O)(=O)c1ccc(CCC(=O)NCC2(c3cccc(F)c3)CCOCC2)cc1. The van der Waals surface area contributed by atoms with Crippen LogP contribution in [-0.4, -0.2) is 51.5 Å². The zero-order chi connectivity index (χ0) is 23.9. The Morgan fingerprint density at radius 2 is 1.76 bits per heavy atom. The van der Waals surface area contributed by atoms with Gasteiger partial charge < -0.3 is 10.1 Å². The second-order valence-corrected chi connectivity index (χ2v) is 10.4. The molecule has 0 bridgehead atoms. The summed E-state index contributed by atoms with van der Waals surface area (Å²) in [7, 11) is -3.49. The van der Waals surface area contributed by atoms with Crippen molar-refractivity contribution in [3.05, 3.63) is 65.5 Å². The van der Waals surface area contributed by atoms with E-state index in [1.54, 1.807) is 36.4 Å². The van der Waals surface area contributed by atoms with Crippen LogP contribution in [0.3, 0.4) is 0 Å². The molecular weight excluding hydrogens is 443 g/mol. The van der Waals surface area contributed by atoms with Crippen LogP contribution >= 0.6 is 0 Å². The second kappa shape index (κ2) is 11.2. The molecule has 0 atom stereocenters. The van der Waals surface area contributed by atoms with E-state index < -0.39 is 10.0 Å². The maximum Gasteiger partial charge on any atom is 0.243 e. The minimum atomic E-state index is -3.49. The quantitative estimate of drug-likeness (QED) is 0.568. The molecule has 3 rings (SSSR count). The van der Waals surface area contributed by atoms with Gasteiger partial charge in [0.15, 0.2) is 0 Å². The summed E-state index contributed by atoms with van der Waals surface area (Å²) in [4.78, 5) is 12.8. The lowest BCUT2D eigenvalue weighted by Gasteiger charge is -2.38. The van der Waals surface area contributed by atoms with Crippen molar-refractivity contribution in [3.63, 3.8) is 0 Å². The molecule has 180 valence electrons. The second-order valence-electron chi connectivity index (χ2n) is 8.41. The van der Waals surface area contributed by atoms with Crippen molar-refractivity contribution in [3.8, 4) is 0 Å². The van der Waals surface area contributed by atoms with E-state index in [0.717, 1.165) is 24.0 Å². The van der Waals surface area contributed by atoms with E-state index in [0.29, 0.717) is 39.3 Å². The molecule has 6 nitrogen and oxygen atoms in total. The van der Waals surface area contributed by atoms with Gasteiger partial charge in [-0.1, -0.05) is 38.1 Å². The Morgan fingerprint density at radius 3 is 2.36 bits per heavy atom. The lowest BCUT2D eigenvalue weighted by Crippen LogP contribution is -2.44. The number of carbonyl (C=O) groups is 1. The highest BCUT2D eigenvalue weighted by Crippen LogP contribution is 2.34. The van der Waals surface area contributed by atoms with Gasteiger partial charge in [0, 0.05) is 44.7 Å². The maximum atomic E-state index is 13.8. The number of benzene rings is 2. The molecule has 1 fully saturated rings. The summed E-state index contributed by atoms with van der Waals surface area (Å²) in [5, 5.41) is 3.03. The third kappa shape index (κ3) is 6.19. The number of sulfonamides is 1. The highest BCUT2D eigenvalue weighted by molar-refractivity contribution is 7.89. The fraction of sp³-hybridized carbons (Fsp3) is 0.480. The lowest BCUT2D eigenvalue weighted by atomic mass is 9.74. The van der Waals surface area contributed by atoms with E-state index in [1.807, 2.05) is 19.9 Å². The zero-order valence-electron chi connectivity index (χ0n) is 19.3. The highest BCUT2D eigenvalue weighted by atomic mass is 32.2. The third-order valence-corrected chi connectivity index (χ3v) is 8.48. The Bertz CT molecular complexity index is 1030. The van der Waals surface area contributed by atoms with Crippen LogP contribution in [0.5, 0.6) is 0 Å². The summed E-state index contributed by atoms with van der Waals surface area (Å²) >= 11 is 0. The van der Waals surface area contributed by atoms with Crippen LogP contribution in [0.15, 0.2) is 53.4 Å². The van der Waals surface area contributed by atoms with E-state index in [-0.39, 0.29) is 28.5 Å². The van der Waals surface area contributed by atoms with E-state index in [1.165, 1.54) is 10.4 Å². The highest BCUT2D eigenvalue weighted by Gasteiger charge is 2.35. The normalized spacial score (nSPS) is 16.0. The molecule has 1 aliphatic heterocycles. The first-order valence-electron chi connectivity index (χ1n) is 11.5. The number of hydrogen-bond acceptors (Lipinski definition) is 4. The Kier molecular flexibility index (Phi) is 8.62. The Balaban J connectivity index is 1.58. The fourth-order valence-electron chi connectivity index (χ4n) is 4.30. The van der Waals surface area contributed by atoms with Crippen molar-refractivity contribution < 1.29 is 22.3 Å². The number of amides is 1. The van der Waals surface area contributed by atoms with Gasteiger partial charge in [-0.05, 0) is 54.7 Å². The van der Waals surface area contributed by atoms with Gasteiger partial charge in [0.2, 0.25) is 15.9 Å². The Hall–Kier alpha value is -2.29. The van der Waals surface area contributed by atoms with Crippen LogP contribution < -0.4 is 5.32 Å². The van der Waals surface area contributed by atoms with Crippen molar-refractivity contribution >= 4 is 15.9 Å². The van der Waals surface area contributed by atoms with Crippen molar-refractivity contribution in [2.75, 3.05) is 32.8 Å². The molecule has 8 heteroatoms. The molecule has 1 amide bonds. The van der Waals surface area contributed by atoms with Gasteiger partial charge in [0.05, 0.1) is 4.90 Å². The molecule has 0 aliphatic carbocycles. The van der Waals surface area contributed by atoms with Gasteiger partial charge in [-0.2, -0.15) is 4.31 Å². The van der Waals surface area contributed by atoms with Crippen LogP contribution in [-0.2, 0) is 31.4 Å². The number of nitrogens with one attached hydrogen (secondary N) is 1. The van der Waals surface area contributed by atoms with Gasteiger partial charge in [-0.3, -0.25) is 4.79 Å². The van der Waals surface area contributed by atoms with Gasteiger partial charge >= 0.3 is 0 Å². The van der Waals surface area contributed by atoms with Crippen molar-refractivity contribution in [1.29, 1.82) is 0 Å². The van der Waals surface area contributed by atoms with Crippen LogP contribution in [0.25, 0.3) is 0 Å². The molecule has 0 unspecified atom stereocenters. The minimum absolute atomic E-state index is 0.0860. The Labute approximate surface area is 196 Å². The third-order valence-electron chi connectivity index (χ3n) is 6.42. The maximum absolute atomic E-state index is 13.8. The average molecular weight is 477 g/mol. The van der Waals surface area contributed by atoms with Crippen LogP contribution in [0.2, 0.25) is 0 Å². The van der Waals surface area contributed by atoms with Crippen molar-refractivity contribution in [2.45, 2.75) is 49.8 Å². The molecule has 1 aliphatic rings. The monoisotopic (exact) mass is 476 g/mol. The van der Waals surface area contributed by atoms with E-state index in [2.05, 4.69) is 5.32 Å². The van der Waals surface area contributed by atoms with E-state index in [9.17, 15) is 17.6 Å². The molecule has 2 aromatic carbocycles. The van der Waals surface area contributed by atoms with Gasteiger partial charge in [-0.15, -0.1) is 0 Å². The molecule has 33 heavy (non-hydrogen) atoms. The summed E-state index contributed by atoms with van der Waals surface area (Å²) in [5.41, 5.74) is 1.45. The summed E-state index contributed by atoms with van der Waals surface area (Å²) in [6.07, 6.45) is 2.24. The molecule has 0 radical (unpaired) electrons. The molecule has 0 spiro atoms. The number of ether oxygens (including phenoxy) is 1. The van der Waals surface area contributed by atoms with Crippen LogP contribution in [0.1, 0.15) is 44.2 Å². The number of rotatable bonds is 10. The molecule has 1 saturated heterocycles. The largest absolute Gasteiger partial charge is 0.381 e. The molecule has 2 aromatic rings. The predicted molar refractivity (Wildman–Crippen MR) is 126 cm³/mol. The first-order valence-corrected chi connectivity index (χ1v) is 12.9. The lowest BCUT2D eigenvalue weighted by molar-refractivity contribution is -0.121. The molecular formula is C25H33FN2O4S. The van der Waals surface area contributed by atoms with Gasteiger partial charge in [0.25, 0.3) is 0 Å². The number of nitrogens with zero attached hydrogens (tertiary/aromatic N) is 1. The smallest absolute Gasteiger partial charge is 0.243 e. The van der Waals surface area contributed by atoms with Crippen molar-refractivity contribution in [1.82, 2.24) is 9.62 Å². The zero-order valence-corrected chi connectivity index (χ0v) is 20.2. The molecule has 0 aromatic heterocycles. The molecule has 0 saturated carbocycles. The first-order chi connectivity index (χ1) is 15.8. The van der Waals surface area contributed by atoms with Crippen LogP contribution in [0.4, 0.5) is 4.39 Å². The van der Waals surface area contributed by atoms with Crippen molar-refractivity contribution in [2.24, 2.45) is 0 Å². The molecule has 1 N–H and O–H groups in total. The Morgan fingerprint density at radius 1 is 1.09 bits per heavy atom. The first kappa shape index (κ1) is 25.3. The molecule has 1 heterocycles. The van der Waals surface area contributed by atoms with E-state index in [4.69, 9.17) is 4.74 Å². The summed E-state index contributed by atoms with van der Waals surface area (Å²) < 4.78 is 46.0. The number of halogens is 1. The van der Waals surface area contributed by atoms with E-state index >= 15 is 0 Å². The predicted octanol–water partition coefficient (Wildman–Crippen LogP) is 3.65. The summed E-state index contributed by atoms with van der Waals surface area (Å²) in [5.74, 6) is -0.367. The standard InChI is InChI=1S/C25H33FN2O4S/c1-3-28(4-2)33(30,31)23-11-8-20(9-12-23)10-13-24(29)27-19-25(14-16-32-17-15-25)21-6-5-7-22(26)18-21/h5-9,11-12,18H,3-4,10,13-17,19H2,1-2H3,(H,27,29). The van der Waals surface area contributed by atoms with Gasteiger partial charge in [0.1, 0.15) is 5.82 Å². The minimum Gasteiger partial charge on any atom is -0.381 e. The summed E-state index contributed by atoms with van der Waals surface area (Å²) in [6, 6.07) is 13.3. The number of aryl methyl sites for hydroxylation is 1. The van der Waals surface area contributed by atoms with Gasteiger partial charge in [-0.25, -0.2) is 12.8 Å². The number of carbonyl (C=O) groups excluding carboxylic acids is 1.